The van der Waals surface area contributed by atoms with Crippen molar-refractivity contribution in [1.29, 1.82) is 0 Å². The molecule has 62 valence electrons. The van der Waals surface area contributed by atoms with Gasteiger partial charge in [0.05, 0.1) is 0 Å². The Morgan fingerprint density at radius 2 is 2.10 bits per heavy atom. The van der Waals surface area contributed by atoms with E-state index in [1.54, 1.807) is 6.92 Å². The van der Waals surface area contributed by atoms with Gasteiger partial charge in [0, 0.05) is 0 Å². The monoisotopic (exact) mass is 169 g/mol. The summed E-state index contributed by atoms with van der Waals surface area (Å²) in [5, 5.41) is 0. The molecule has 1 N–H and O–H groups in total. The van der Waals surface area contributed by atoms with Gasteiger partial charge in [-0.3, -0.25) is 0 Å². The van der Waals surface area contributed by atoms with E-state index in [4.69, 9.17) is 0 Å². The first-order chi connectivity index (χ1) is 4.54. The number of alkyl halides is 1. The van der Waals surface area contributed by atoms with Gasteiger partial charge >= 0.3 is 0 Å². The molecule has 0 heterocycles. The zero-order chi connectivity index (χ0) is 8.20. The second-order valence-corrected chi connectivity index (χ2v) is 3.96. The van der Waals surface area contributed by atoms with Crippen LogP contribution in [-0.2, 0) is 10.0 Å². The predicted molar refractivity (Wildman–Crippen MR) is 37.8 cm³/mol. The van der Waals surface area contributed by atoms with E-state index in [1.165, 1.54) is 7.05 Å². The first kappa shape index (κ1) is 9.84. The maximum atomic E-state index is 12.5. The smallest absolute Gasteiger partial charge is 0.229 e. The van der Waals surface area contributed by atoms with Crippen molar-refractivity contribution >= 4 is 10.0 Å². The Morgan fingerprint density at radius 1 is 1.60 bits per heavy atom. The lowest BCUT2D eigenvalue weighted by atomic mass is 10.4. The van der Waals surface area contributed by atoms with E-state index in [0.717, 1.165) is 0 Å². The fourth-order valence-corrected chi connectivity index (χ4v) is 1.31. The van der Waals surface area contributed by atoms with Crippen molar-refractivity contribution in [2.24, 2.45) is 0 Å². The Balaban J connectivity index is 4.06. The fourth-order valence-electron chi connectivity index (χ4n) is 0.510. The minimum Gasteiger partial charge on any atom is -0.229 e. The number of halogens is 1. The van der Waals surface area contributed by atoms with Crippen LogP contribution in [0.15, 0.2) is 0 Å². The minimum absolute atomic E-state index is 0.0587. The molecule has 1 unspecified atom stereocenters. The van der Waals surface area contributed by atoms with Gasteiger partial charge in [0.1, 0.15) is 0 Å². The molecule has 0 amide bonds. The summed E-state index contributed by atoms with van der Waals surface area (Å²) in [7, 11) is -2.47. The number of nitrogens with one attached hydrogen (secondary N) is 1. The van der Waals surface area contributed by atoms with E-state index in [9.17, 15) is 12.8 Å². The average molecular weight is 169 g/mol. The van der Waals surface area contributed by atoms with Crippen LogP contribution in [0.25, 0.3) is 0 Å². The normalized spacial score (nSPS) is 15.1. The Hall–Kier alpha value is -0.160. The van der Waals surface area contributed by atoms with Gasteiger partial charge in [-0.05, 0) is 13.5 Å². The van der Waals surface area contributed by atoms with E-state index in [-0.39, 0.29) is 6.42 Å². The van der Waals surface area contributed by atoms with E-state index in [0.29, 0.717) is 6.42 Å². The summed E-state index contributed by atoms with van der Waals surface area (Å²) in [4.78, 5) is 0. The van der Waals surface area contributed by atoms with Crippen LogP contribution in [0.4, 0.5) is 4.39 Å². The number of hydrogen-bond acceptors (Lipinski definition) is 2. The molecule has 0 saturated heterocycles. The lowest BCUT2D eigenvalue weighted by Crippen LogP contribution is -2.28. The summed E-state index contributed by atoms with van der Waals surface area (Å²) in [6.07, 6.45) is 0.589. The highest BCUT2D eigenvalue weighted by Crippen LogP contribution is 2.07. The summed E-state index contributed by atoms with van der Waals surface area (Å²) in [6, 6.07) is 0. The van der Waals surface area contributed by atoms with Crippen molar-refractivity contribution in [3.8, 4) is 0 Å². The van der Waals surface area contributed by atoms with Crippen LogP contribution in [0.2, 0.25) is 0 Å². The molecular weight excluding hydrogens is 157 g/mol. The van der Waals surface area contributed by atoms with Gasteiger partial charge in [-0.1, -0.05) is 13.3 Å². The molecule has 10 heavy (non-hydrogen) atoms. The lowest BCUT2D eigenvalue weighted by Gasteiger charge is -2.05. The highest BCUT2D eigenvalue weighted by Gasteiger charge is 2.20. The third-order valence-electron chi connectivity index (χ3n) is 1.14. The van der Waals surface area contributed by atoms with Crippen molar-refractivity contribution in [3.05, 3.63) is 0 Å². The quantitative estimate of drug-likeness (QED) is 0.671. The van der Waals surface area contributed by atoms with Gasteiger partial charge in [0.15, 0.2) is 0 Å². The van der Waals surface area contributed by atoms with Gasteiger partial charge in [0.25, 0.3) is 0 Å². The molecule has 0 rings (SSSR count). The van der Waals surface area contributed by atoms with Crippen LogP contribution in [0.3, 0.4) is 0 Å². The van der Waals surface area contributed by atoms with Crippen molar-refractivity contribution < 1.29 is 12.8 Å². The van der Waals surface area contributed by atoms with Gasteiger partial charge in [-0.25, -0.2) is 17.5 Å². The van der Waals surface area contributed by atoms with Gasteiger partial charge < -0.3 is 0 Å². The lowest BCUT2D eigenvalue weighted by molar-refractivity contribution is 0.393. The van der Waals surface area contributed by atoms with Crippen molar-refractivity contribution in [2.45, 2.75) is 25.3 Å². The minimum atomic E-state index is -3.68. The maximum absolute atomic E-state index is 12.5. The largest absolute Gasteiger partial charge is 0.243 e. The number of hydrogen-bond donors (Lipinski definition) is 1. The van der Waals surface area contributed by atoms with Crippen molar-refractivity contribution in [3.63, 3.8) is 0 Å². The zero-order valence-electron chi connectivity index (χ0n) is 6.09. The standard InChI is InChI=1S/C5H12FNO2S/c1-3-4-5(6)10(8,9)7-2/h5,7H,3-4H2,1-2H3. The molecule has 1 atom stereocenters. The summed E-state index contributed by atoms with van der Waals surface area (Å²) < 4.78 is 35.7. The van der Waals surface area contributed by atoms with Gasteiger partial charge in [-0.2, -0.15) is 0 Å². The summed E-state index contributed by atoms with van der Waals surface area (Å²) in [5.74, 6) is 0. The van der Waals surface area contributed by atoms with Crippen LogP contribution in [0, 0.1) is 0 Å². The molecule has 0 bridgehead atoms. The first-order valence-corrected chi connectivity index (χ1v) is 4.65. The number of rotatable bonds is 4. The Bertz CT molecular complexity index is 178. The molecule has 0 aliphatic rings. The average Bonchev–Trinajstić information content (AvgIpc) is 1.89. The Morgan fingerprint density at radius 3 is 2.40 bits per heavy atom. The number of sulfonamides is 1. The van der Waals surface area contributed by atoms with E-state index in [1.807, 2.05) is 4.72 Å². The molecule has 0 fully saturated rings. The van der Waals surface area contributed by atoms with Crippen LogP contribution in [0.5, 0.6) is 0 Å². The fraction of sp³-hybridized carbons (Fsp3) is 1.00. The Kier molecular flexibility index (Phi) is 3.81. The SMILES string of the molecule is CCCC(F)S(=O)(=O)NC. The van der Waals surface area contributed by atoms with Gasteiger partial charge in [-0.15, -0.1) is 0 Å². The van der Waals surface area contributed by atoms with Gasteiger partial charge in [0.2, 0.25) is 15.5 Å². The molecule has 0 spiro atoms. The van der Waals surface area contributed by atoms with E-state index < -0.39 is 15.5 Å². The molecule has 3 nitrogen and oxygen atoms in total. The molecule has 0 saturated carbocycles. The molecule has 0 aromatic carbocycles. The highest BCUT2D eigenvalue weighted by atomic mass is 32.2. The van der Waals surface area contributed by atoms with Crippen LogP contribution in [-0.4, -0.2) is 21.0 Å². The maximum Gasteiger partial charge on any atom is 0.243 e. The van der Waals surface area contributed by atoms with E-state index >= 15 is 0 Å². The summed E-state index contributed by atoms with van der Waals surface area (Å²) in [5.41, 5.74) is -1.76. The topological polar surface area (TPSA) is 46.2 Å². The summed E-state index contributed by atoms with van der Waals surface area (Å²) in [6.45, 7) is 1.73. The summed E-state index contributed by atoms with van der Waals surface area (Å²) >= 11 is 0. The van der Waals surface area contributed by atoms with Crippen molar-refractivity contribution in [1.82, 2.24) is 4.72 Å². The zero-order valence-corrected chi connectivity index (χ0v) is 6.91. The molecular formula is C5H12FNO2S. The molecule has 5 heteroatoms. The highest BCUT2D eigenvalue weighted by molar-refractivity contribution is 7.89. The third kappa shape index (κ3) is 2.62. The van der Waals surface area contributed by atoms with E-state index in [2.05, 4.69) is 0 Å². The third-order valence-corrected chi connectivity index (χ3v) is 2.61. The van der Waals surface area contributed by atoms with Crippen molar-refractivity contribution in [2.75, 3.05) is 7.05 Å². The van der Waals surface area contributed by atoms with Crippen LogP contribution >= 0.6 is 0 Å². The van der Waals surface area contributed by atoms with Crippen LogP contribution < -0.4 is 4.72 Å². The molecule has 0 aromatic rings. The molecule has 0 aliphatic carbocycles. The molecule has 0 aliphatic heterocycles. The molecule has 0 aromatic heterocycles. The Labute approximate surface area is 60.7 Å². The molecule has 0 radical (unpaired) electrons. The second kappa shape index (κ2) is 3.88. The first-order valence-electron chi connectivity index (χ1n) is 3.11. The van der Waals surface area contributed by atoms with Crippen LogP contribution in [0.1, 0.15) is 19.8 Å². The second-order valence-electron chi connectivity index (χ2n) is 1.95. The predicted octanol–water partition coefficient (Wildman–Crippen LogP) is 0.631.